The summed E-state index contributed by atoms with van der Waals surface area (Å²) in [6, 6.07) is 12.4. The molecule has 2 N–H and O–H groups in total. The van der Waals surface area contributed by atoms with Gasteiger partial charge < -0.3 is 15.2 Å². The Labute approximate surface area is 148 Å². The van der Waals surface area contributed by atoms with Crippen LogP contribution in [0.25, 0.3) is 6.08 Å². The van der Waals surface area contributed by atoms with E-state index in [2.05, 4.69) is 5.32 Å². The van der Waals surface area contributed by atoms with E-state index in [9.17, 15) is 14.9 Å². The van der Waals surface area contributed by atoms with Crippen LogP contribution in [0.15, 0.2) is 48.0 Å². The van der Waals surface area contributed by atoms with Gasteiger partial charge in [-0.15, -0.1) is 0 Å². The Morgan fingerprint density at radius 2 is 2.04 bits per heavy atom. The maximum absolute atomic E-state index is 12.2. The zero-order valence-electron chi connectivity index (χ0n) is 13.1. The Balaban J connectivity index is 2.24. The van der Waals surface area contributed by atoms with Crippen molar-refractivity contribution in [1.29, 1.82) is 5.26 Å². The molecule has 0 spiro atoms. The number of carboxylic acid groups (broad SMARTS) is 1. The van der Waals surface area contributed by atoms with Crippen molar-refractivity contribution in [3.05, 3.63) is 64.2 Å². The van der Waals surface area contributed by atoms with Crippen LogP contribution in [-0.4, -0.2) is 24.1 Å². The Bertz CT molecular complexity index is 900. The third-order valence-corrected chi connectivity index (χ3v) is 3.51. The van der Waals surface area contributed by atoms with Gasteiger partial charge >= 0.3 is 5.97 Å². The zero-order valence-corrected chi connectivity index (χ0v) is 13.9. The van der Waals surface area contributed by atoms with Gasteiger partial charge in [0.1, 0.15) is 17.4 Å². The van der Waals surface area contributed by atoms with Gasteiger partial charge in [-0.25, -0.2) is 4.79 Å². The number of aromatic carboxylic acids is 1. The zero-order chi connectivity index (χ0) is 18.4. The number of anilines is 1. The average Bonchev–Trinajstić information content (AvgIpc) is 2.59. The molecule has 0 unspecified atom stereocenters. The lowest BCUT2D eigenvalue weighted by atomic mass is 10.1. The molecule has 6 nitrogen and oxygen atoms in total. The van der Waals surface area contributed by atoms with Crippen molar-refractivity contribution in [3.63, 3.8) is 0 Å². The number of nitrogens with zero attached hydrogens (tertiary/aromatic N) is 1. The summed E-state index contributed by atoms with van der Waals surface area (Å²) in [4.78, 5) is 23.2. The van der Waals surface area contributed by atoms with Crippen molar-refractivity contribution < 1.29 is 19.4 Å². The van der Waals surface area contributed by atoms with Gasteiger partial charge in [-0.1, -0.05) is 23.7 Å². The molecule has 0 aliphatic heterocycles. The first-order valence-electron chi connectivity index (χ1n) is 7.04. The van der Waals surface area contributed by atoms with E-state index in [4.69, 9.17) is 21.4 Å². The van der Waals surface area contributed by atoms with Crippen LogP contribution in [0.4, 0.5) is 5.69 Å². The number of nitriles is 1. The molecular formula is C18H13ClN2O4. The standard InChI is InChI=1S/C18H13ClN2O4/c1-25-16-6-5-11(8-15(16)19)7-13(10-20)17(22)21-14-4-2-3-12(9-14)18(23)24/h2-9H,1H3,(H,21,22)(H,23,24)/b13-7-. The van der Waals surface area contributed by atoms with Crippen LogP contribution in [0.3, 0.4) is 0 Å². The average molecular weight is 357 g/mol. The van der Waals surface area contributed by atoms with Crippen molar-refractivity contribution >= 4 is 35.2 Å². The summed E-state index contributed by atoms with van der Waals surface area (Å²) in [5.41, 5.74) is 0.708. The number of halogens is 1. The molecule has 0 saturated heterocycles. The van der Waals surface area contributed by atoms with Crippen LogP contribution in [0.2, 0.25) is 5.02 Å². The second kappa shape index (κ2) is 7.99. The summed E-state index contributed by atoms with van der Waals surface area (Å²) in [5, 5.41) is 21.0. The van der Waals surface area contributed by atoms with E-state index in [0.717, 1.165) is 0 Å². The number of carbonyl (C=O) groups excluding carboxylic acids is 1. The minimum atomic E-state index is -1.11. The van der Waals surface area contributed by atoms with E-state index in [1.807, 2.05) is 6.07 Å². The second-order valence-electron chi connectivity index (χ2n) is 4.90. The normalized spacial score (nSPS) is 10.7. The number of rotatable bonds is 5. The number of hydrogen-bond acceptors (Lipinski definition) is 4. The van der Waals surface area contributed by atoms with Crippen molar-refractivity contribution in [2.75, 3.05) is 12.4 Å². The number of ether oxygens (including phenoxy) is 1. The highest BCUT2D eigenvalue weighted by Crippen LogP contribution is 2.26. The van der Waals surface area contributed by atoms with E-state index in [1.165, 1.54) is 37.5 Å². The third-order valence-electron chi connectivity index (χ3n) is 3.22. The Kier molecular flexibility index (Phi) is 5.77. The fraction of sp³-hybridized carbons (Fsp3) is 0.0556. The highest BCUT2D eigenvalue weighted by atomic mass is 35.5. The smallest absolute Gasteiger partial charge is 0.335 e. The molecule has 0 aliphatic carbocycles. The molecule has 0 fully saturated rings. The number of amides is 1. The quantitative estimate of drug-likeness (QED) is 0.630. The van der Waals surface area contributed by atoms with E-state index in [-0.39, 0.29) is 16.8 Å². The summed E-state index contributed by atoms with van der Waals surface area (Å²) in [5.74, 6) is -1.29. The lowest BCUT2D eigenvalue weighted by Gasteiger charge is -2.06. The first-order valence-corrected chi connectivity index (χ1v) is 7.42. The lowest BCUT2D eigenvalue weighted by Crippen LogP contribution is -2.13. The van der Waals surface area contributed by atoms with Gasteiger partial charge in [0.2, 0.25) is 0 Å². The van der Waals surface area contributed by atoms with E-state index < -0.39 is 11.9 Å². The lowest BCUT2D eigenvalue weighted by molar-refractivity contribution is -0.112. The van der Waals surface area contributed by atoms with Crippen molar-refractivity contribution in [3.8, 4) is 11.8 Å². The molecule has 126 valence electrons. The molecule has 2 aromatic carbocycles. The molecule has 2 aromatic rings. The minimum absolute atomic E-state index is 0.0298. The predicted octanol–water partition coefficient (Wildman–Crippen LogP) is 3.59. The number of carboxylic acids is 1. The van der Waals surface area contributed by atoms with Gasteiger partial charge in [0.05, 0.1) is 17.7 Å². The van der Waals surface area contributed by atoms with Crippen molar-refractivity contribution in [1.82, 2.24) is 0 Å². The van der Waals surface area contributed by atoms with E-state index in [0.29, 0.717) is 16.3 Å². The fourth-order valence-corrected chi connectivity index (χ4v) is 2.28. The summed E-state index contributed by atoms with van der Waals surface area (Å²) < 4.78 is 5.04. The summed E-state index contributed by atoms with van der Waals surface area (Å²) in [6.07, 6.45) is 1.38. The van der Waals surface area contributed by atoms with Crippen LogP contribution in [0, 0.1) is 11.3 Å². The van der Waals surface area contributed by atoms with E-state index >= 15 is 0 Å². The number of methoxy groups -OCH3 is 1. The van der Waals surface area contributed by atoms with Crippen LogP contribution in [0.5, 0.6) is 5.75 Å². The minimum Gasteiger partial charge on any atom is -0.495 e. The topological polar surface area (TPSA) is 99.4 Å². The molecule has 0 aliphatic rings. The van der Waals surface area contributed by atoms with Crippen LogP contribution >= 0.6 is 11.6 Å². The van der Waals surface area contributed by atoms with E-state index in [1.54, 1.807) is 18.2 Å². The molecular weight excluding hydrogens is 344 g/mol. The van der Waals surface area contributed by atoms with Gasteiger partial charge in [-0.05, 0) is 42.0 Å². The number of hydrogen-bond donors (Lipinski definition) is 2. The van der Waals surface area contributed by atoms with Crippen LogP contribution in [-0.2, 0) is 4.79 Å². The molecule has 25 heavy (non-hydrogen) atoms. The SMILES string of the molecule is COc1ccc(/C=C(/C#N)C(=O)Nc2cccc(C(=O)O)c2)cc1Cl. The fourth-order valence-electron chi connectivity index (χ4n) is 2.02. The summed E-state index contributed by atoms with van der Waals surface area (Å²) in [7, 11) is 1.48. The van der Waals surface area contributed by atoms with Gasteiger partial charge in [0.25, 0.3) is 5.91 Å². The number of nitrogens with one attached hydrogen (secondary N) is 1. The maximum atomic E-state index is 12.2. The highest BCUT2D eigenvalue weighted by Gasteiger charge is 2.11. The number of carbonyl (C=O) groups is 2. The maximum Gasteiger partial charge on any atom is 0.335 e. The molecule has 0 aromatic heterocycles. The third kappa shape index (κ3) is 4.59. The molecule has 0 heterocycles. The van der Waals surface area contributed by atoms with Gasteiger partial charge in [-0.3, -0.25) is 4.79 Å². The van der Waals surface area contributed by atoms with Crippen molar-refractivity contribution in [2.24, 2.45) is 0 Å². The molecule has 2 rings (SSSR count). The highest BCUT2D eigenvalue weighted by molar-refractivity contribution is 6.32. The summed E-state index contributed by atoms with van der Waals surface area (Å²) in [6.45, 7) is 0. The Hall–Kier alpha value is -3.30. The predicted molar refractivity (Wildman–Crippen MR) is 93.6 cm³/mol. The molecule has 0 radical (unpaired) electrons. The molecule has 0 saturated carbocycles. The van der Waals surface area contributed by atoms with Gasteiger partial charge in [0, 0.05) is 5.69 Å². The molecule has 7 heteroatoms. The molecule has 0 atom stereocenters. The largest absolute Gasteiger partial charge is 0.495 e. The Morgan fingerprint density at radius 3 is 2.64 bits per heavy atom. The Morgan fingerprint density at radius 1 is 1.28 bits per heavy atom. The molecule has 0 bridgehead atoms. The number of benzene rings is 2. The van der Waals surface area contributed by atoms with Crippen LogP contribution < -0.4 is 10.1 Å². The van der Waals surface area contributed by atoms with Gasteiger partial charge in [0.15, 0.2) is 0 Å². The monoisotopic (exact) mass is 356 g/mol. The molecule has 1 amide bonds. The van der Waals surface area contributed by atoms with Gasteiger partial charge in [-0.2, -0.15) is 5.26 Å². The first-order chi connectivity index (χ1) is 11.9. The first kappa shape index (κ1) is 18.0. The summed E-state index contributed by atoms with van der Waals surface area (Å²) >= 11 is 6.02. The van der Waals surface area contributed by atoms with Crippen LogP contribution in [0.1, 0.15) is 15.9 Å². The van der Waals surface area contributed by atoms with Crippen molar-refractivity contribution in [2.45, 2.75) is 0 Å². The second-order valence-corrected chi connectivity index (χ2v) is 5.31.